The molecule has 1 saturated carbocycles. The number of ether oxygens (including phenoxy) is 1. The van der Waals surface area contributed by atoms with Crippen LogP contribution in [0.2, 0.25) is 0 Å². The van der Waals surface area contributed by atoms with Gasteiger partial charge in [0.05, 0.1) is 0 Å². The highest BCUT2D eigenvalue weighted by Gasteiger charge is 2.52. The van der Waals surface area contributed by atoms with Gasteiger partial charge in [-0.05, 0) is 74.5 Å². The molecule has 3 atom stereocenters. The molecule has 152 valence electrons. The Kier molecular flexibility index (Phi) is 5.35. The summed E-state index contributed by atoms with van der Waals surface area (Å²) in [6.45, 7) is 5.21. The molecule has 1 spiro atoms. The van der Waals surface area contributed by atoms with Crippen molar-refractivity contribution >= 4 is 17.7 Å². The van der Waals surface area contributed by atoms with Crippen molar-refractivity contribution in [2.24, 2.45) is 5.92 Å². The molecule has 1 N–H and O–H groups in total. The van der Waals surface area contributed by atoms with E-state index in [1.54, 1.807) is 0 Å². The van der Waals surface area contributed by atoms with Gasteiger partial charge in [0.1, 0.15) is 6.10 Å². The topological polar surface area (TPSA) is 58.6 Å². The number of carbonyl (C=O) groups excluding carboxylic acids is 2. The van der Waals surface area contributed by atoms with Gasteiger partial charge in [-0.3, -0.25) is 10.1 Å². The first kappa shape index (κ1) is 19.3. The lowest BCUT2D eigenvalue weighted by Gasteiger charge is -2.48. The minimum atomic E-state index is -0.369. The van der Waals surface area contributed by atoms with Crippen LogP contribution in [0, 0.1) is 5.92 Å². The highest BCUT2D eigenvalue weighted by molar-refractivity contribution is 5.84. The Hall–Kier alpha value is -2.04. The van der Waals surface area contributed by atoms with Gasteiger partial charge in [-0.15, -0.1) is 0 Å². The van der Waals surface area contributed by atoms with E-state index in [9.17, 15) is 9.59 Å². The van der Waals surface area contributed by atoms with Gasteiger partial charge in [0, 0.05) is 24.2 Å². The first-order valence-electron chi connectivity index (χ1n) is 10.9. The summed E-state index contributed by atoms with van der Waals surface area (Å²) in [6.07, 6.45) is 7.20. The average Bonchev–Trinajstić information content (AvgIpc) is 3.04. The van der Waals surface area contributed by atoms with Crippen molar-refractivity contribution in [2.45, 2.75) is 82.8 Å². The van der Waals surface area contributed by atoms with Gasteiger partial charge in [-0.2, -0.15) is 0 Å². The lowest BCUT2D eigenvalue weighted by Crippen LogP contribution is -2.54. The predicted octanol–water partition coefficient (Wildman–Crippen LogP) is 5.07. The Morgan fingerprint density at radius 2 is 1.96 bits per heavy atom. The van der Waals surface area contributed by atoms with Gasteiger partial charge in [0.25, 0.3) is 0 Å². The van der Waals surface area contributed by atoms with Gasteiger partial charge in [-0.1, -0.05) is 26.0 Å². The van der Waals surface area contributed by atoms with Crippen LogP contribution in [0.1, 0.15) is 76.7 Å². The van der Waals surface area contributed by atoms with E-state index in [0.717, 1.165) is 57.2 Å². The standard InChI is InChI=1S/C23H32N2O3/c1-16(2)17-7-9-19(10-8-17)24-22(27)28-20-11-13-23-12-4-14-25(23)21(26)6-3-5-18(23)15-20/h7-10,16,18,20H,3-6,11-15H2,1-2H3,(H,24,27)/t18-,20+,23+/m0/s1. The van der Waals surface area contributed by atoms with Crippen molar-refractivity contribution in [3.8, 4) is 0 Å². The first-order chi connectivity index (χ1) is 13.5. The van der Waals surface area contributed by atoms with Crippen LogP contribution in [-0.2, 0) is 9.53 Å². The molecule has 2 saturated heterocycles. The quantitative estimate of drug-likeness (QED) is 0.791. The summed E-state index contributed by atoms with van der Waals surface area (Å²) in [4.78, 5) is 27.1. The number of rotatable bonds is 3. The smallest absolute Gasteiger partial charge is 0.411 e. The SMILES string of the molecule is CC(C)c1ccc(NC(=O)O[C@@H]2CC[C@@]34CCCN3C(=O)CCC[C@H]4C2)cc1. The number of benzene rings is 1. The highest BCUT2D eigenvalue weighted by Crippen LogP contribution is 2.49. The molecule has 1 aliphatic carbocycles. The molecule has 5 nitrogen and oxygen atoms in total. The largest absolute Gasteiger partial charge is 0.446 e. The Morgan fingerprint density at radius 1 is 1.18 bits per heavy atom. The number of nitrogens with zero attached hydrogens (tertiary/aromatic N) is 1. The van der Waals surface area contributed by atoms with Gasteiger partial charge in [0.2, 0.25) is 5.91 Å². The molecule has 0 radical (unpaired) electrons. The van der Waals surface area contributed by atoms with Crippen LogP contribution in [0.3, 0.4) is 0 Å². The fourth-order valence-electron chi connectivity index (χ4n) is 5.61. The number of amides is 2. The predicted molar refractivity (Wildman–Crippen MR) is 109 cm³/mol. The van der Waals surface area contributed by atoms with Crippen LogP contribution in [-0.4, -0.2) is 35.1 Å². The van der Waals surface area contributed by atoms with Crippen molar-refractivity contribution in [1.82, 2.24) is 4.90 Å². The zero-order valence-electron chi connectivity index (χ0n) is 17.1. The molecular formula is C23H32N2O3. The molecule has 2 heterocycles. The Morgan fingerprint density at radius 3 is 2.71 bits per heavy atom. The maximum atomic E-state index is 12.5. The lowest BCUT2D eigenvalue weighted by molar-refractivity contribution is -0.138. The third-order valence-electron chi connectivity index (χ3n) is 7.08. The lowest BCUT2D eigenvalue weighted by atomic mass is 9.69. The maximum Gasteiger partial charge on any atom is 0.411 e. The summed E-state index contributed by atoms with van der Waals surface area (Å²) in [7, 11) is 0. The number of anilines is 1. The number of carbonyl (C=O) groups is 2. The molecule has 3 fully saturated rings. The van der Waals surface area contributed by atoms with Crippen LogP contribution in [0.25, 0.3) is 0 Å². The van der Waals surface area contributed by atoms with E-state index in [1.807, 2.05) is 24.3 Å². The summed E-state index contributed by atoms with van der Waals surface area (Å²) in [6, 6.07) is 7.95. The number of nitrogens with one attached hydrogen (secondary N) is 1. The average molecular weight is 385 g/mol. The Labute approximate surface area is 167 Å². The van der Waals surface area contributed by atoms with Crippen LogP contribution in [0.5, 0.6) is 0 Å². The van der Waals surface area contributed by atoms with E-state index < -0.39 is 0 Å². The maximum absolute atomic E-state index is 12.5. The van der Waals surface area contributed by atoms with Crippen LogP contribution in [0.15, 0.2) is 24.3 Å². The number of hydrogen-bond donors (Lipinski definition) is 1. The normalized spacial score (nSPS) is 29.8. The van der Waals surface area contributed by atoms with Gasteiger partial charge in [-0.25, -0.2) is 4.79 Å². The van der Waals surface area contributed by atoms with E-state index in [-0.39, 0.29) is 17.7 Å². The number of hydrogen-bond acceptors (Lipinski definition) is 3. The second kappa shape index (κ2) is 7.76. The molecule has 2 amide bonds. The molecular weight excluding hydrogens is 352 g/mol. The summed E-state index contributed by atoms with van der Waals surface area (Å²) in [5.74, 6) is 1.26. The van der Waals surface area contributed by atoms with Crippen LogP contribution in [0.4, 0.5) is 10.5 Å². The fourth-order valence-corrected chi connectivity index (χ4v) is 5.61. The molecule has 1 aromatic carbocycles. The third kappa shape index (κ3) is 3.63. The minimum absolute atomic E-state index is 0.0383. The van der Waals surface area contributed by atoms with Gasteiger partial charge < -0.3 is 9.64 Å². The van der Waals surface area contributed by atoms with E-state index in [0.29, 0.717) is 24.2 Å². The monoisotopic (exact) mass is 384 g/mol. The molecule has 0 bridgehead atoms. The second-order valence-corrected chi connectivity index (χ2v) is 9.05. The molecule has 5 heteroatoms. The minimum Gasteiger partial charge on any atom is -0.446 e. The van der Waals surface area contributed by atoms with Gasteiger partial charge in [0.15, 0.2) is 0 Å². The Bertz CT molecular complexity index is 730. The fraction of sp³-hybridized carbons (Fsp3) is 0.652. The molecule has 2 aliphatic heterocycles. The first-order valence-corrected chi connectivity index (χ1v) is 10.9. The van der Waals surface area contributed by atoms with Crippen molar-refractivity contribution < 1.29 is 14.3 Å². The molecule has 3 aliphatic rings. The van der Waals surface area contributed by atoms with Gasteiger partial charge >= 0.3 is 6.09 Å². The Balaban J connectivity index is 1.36. The zero-order chi connectivity index (χ0) is 19.7. The van der Waals surface area contributed by atoms with Crippen molar-refractivity contribution in [2.75, 3.05) is 11.9 Å². The summed E-state index contributed by atoms with van der Waals surface area (Å²) in [5.41, 5.74) is 2.06. The highest BCUT2D eigenvalue weighted by atomic mass is 16.6. The van der Waals surface area contributed by atoms with Crippen molar-refractivity contribution in [3.05, 3.63) is 29.8 Å². The van der Waals surface area contributed by atoms with Crippen LogP contribution >= 0.6 is 0 Å². The zero-order valence-corrected chi connectivity index (χ0v) is 17.1. The van der Waals surface area contributed by atoms with E-state index in [4.69, 9.17) is 4.74 Å². The second-order valence-electron chi connectivity index (χ2n) is 9.05. The summed E-state index contributed by atoms with van der Waals surface area (Å²) < 4.78 is 5.78. The molecule has 1 aromatic rings. The third-order valence-corrected chi connectivity index (χ3v) is 7.08. The molecule has 0 unspecified atom stereocenters. The van der Waals surface area contributed by atoms with Crippen molar-refractivity contribution in [1.29, 1.82) is 0 Å². The summed E-state index contributed by atoms with van der Waals surface area (Å²) in [5, 5.41) is 2.87. The molecule has 0 aromatic heterocycles. The summed E-state index contributed by atoms with van der Waals surface area (Å²) >= 11 is 0. The van der Waals surface area contributed by atoms with E-state index in [1.165, 1.54) is 5.56 Å². The van der Waals surface area contributed by atoms with E-state index >= 15 is 0 Å². The molecule has 4 rings (SSSR count). The van der Waals surface area contributed by atoms with Crippen LogP contribution < -0.4 is 5.32 Å². The molecule has 28 heavy (non-hydrogen) atoms. The van der Waals surface area contributed by atoms with E-state index in [2.05, 4.69) is 24.1 Å². The van der Waals surface area contributed by atoms with Crippen molar-refractivity contribution in [3.63, 3.8) is 0 Å².